The van der Waals surface area contributed by atoms with E-state index in [1.165, 1.54) is 7.11 Å². The standard InChI is InChI=1S/C35H38N2O5.CO2/c1-22-13-9-10-14-28(22)25-17-26(29-15-11-12-16-30(29)33(38)41-8)19-27(18-25)37(34(39)42-35(4,5)6)21-31-24(3)32(40-7)23(2)20-36-31;2-1-3/h9-20H,21H2,1-8H3;. The second kappa shape index (κ2) is 14.9. The van der Waals surface area contributed by atoms with Gasteiger partial charge in [-0.2, -0.15) is 9.59 Å². The van der Waals surface area contributed by atoms with Crippen LogP contribution in [0.4, 0.5) is 10.5 Å². The van der Waals surface area contributed by atoms with Gasteiger partial charge in [-0.3, -0.25) is 9.88 Å². The van der Waals surface area contributed by atoms with Gasteiger partial charge in [0, 0.05) is 23.0 Å². The Bertz CT molecular complexity index is 1720. The third-order valence-electron chi connectivity index (χ3n) is 7.00. The fourth-order valence-corrected chi connectivity index (χ4v) is 4.96. The fourth-order valence-electron chi connectivity index (χ4n) is 4.96. The van der Waals surface area contributed by atoms with E-state index in [0.717, 1.165) is 39.1 Å². The molecule has 0 saturated carbocycles. The van der Waals surface area contributed by atoms with E-state index >= 15 is 0 Å². The number of aromatic nitrogens is 1. The average molecular weight is 611 g/mol. The first-order valence-corrected chi connectivity index (χ1v) is 14.2. The minimum absolute atomic E-state index is 0.146. The molecule has 0 atom stereocenters. The summed E-state index contributed by atoms with van der Waals surface area (Å²) in [4.78, 5) is 49.1. The van der Waals surface area contributed by atoms with E-state index in [2.05, 4.69) is 4.98 Å². The highest BCUT2D eigenvalue weighted by Gasteiger charge is 2.27. The summed E-state index contributed by atoms with van der Waals surface area (Å²) in [5, 5.41) is 0. The highest BCUT2D eigenvalue weighted by Crippen LogP contribution is 2.36. The molecule has 45 heavy (non-hydrogen) atoms. The van der Waals surface area contributed by atoms with Gasteiger partial charge in [0.05, 0.1) is 32.0 Å². The number of benzene rings is 3. The number of hydrogen-bond donors (Lipinski definition) is 0. The second-order valence-corrected chi connectivity index (χ2v) is 11.3. The molecule has 234 valence electrons. The molecule has 9 heteroatoms. The van der Waals surface area contributed by atoms with Gasteiger partial charge in [0.25, 0.3) is 0 Å². The van der Waals surface area contributed by atoms with Crippen molar-refractivity contribution in [3.63, 3.8) is 0 Å². The Labute approximate surface area is 263 Å². The number of amides is 1. The third-order valence-corrected chi connectivity index (χ3v) is 7.00. The predicted molar refractivity (Wildman–Crippen MR) is 171 cm³/mol. The number of hydrogen-bond acceptors (Lipinski definition) is 8. The number of nitrogens with zero attached hydrogens (tertiary/aromatic N) is 2. The van der Waals surface area contributed by atoms with Crippen LogP contribution < -0.4 is 9.64 Å². The zero-order valence-corrected chi connectivity index (χ0v) is 26.9. The van der Waals surface area contributed by atoms with E-state index in [0.29, 0.717) is 22.5 Å². The Balaban J connectivity index is 0.00000177. The lowest BCUT2D eigenvalue weighted by molar-refractivity contribution is -0.191. The lowest BCUT2D eigenvalue weighted by atomic mass is 9.93. The van der Waals surface area contributed by atoms with Crippen molar-refractivity contribution in [2.75, 3.05) is 19.1 Å². The number of anilines is 1. The SMILES string of the molecule is COC(=O)c1ccccc1-c1cc(-c2ccccc2C)cc(N(Cc2ncc(C)c(OC)c2C)C(=O)OC(C)(C)C)c1.O=C=O. The van der Waals surface area contributed by atoms with Crippen LogP contribution in [0.1, 0.15) is 53.5 Å². The van der Waals surface area contributed by atoms with Crippen LogP contribution in [0.25, 0.3) is 22.3 Å². The van der Waals surface area contributed by atoms with Gasteiger partial charge in [-0.15, -0.1) is 0 Å². The van der Waals surface area contributed by atoms with Crippen LogP contribution in [0, 0.1) is 20.8 Å². The number of carbonyl (C=O) groups excluding carboxylic acids is 4. The zero-order chi connectivity index (χ0) is 33.3. The second-order valence-electron chi connectivity index (χ2n) is 11.3. The number of aryl methyl sites for hydroxylation is 2. The molecule has 1 aromatic heterocycles. The normalized spacial score (nSPS) is 10.6. The van der Waals surface area contributed by atoms with Gasteiger partial charge in [-0.05, 0) is 93.6 Å². The maximum absolute atomic E-state index is 13.9. The average Bonchev–Trinajstić information content (AvgIpc) is 3.00. The molecule has 0 aliphatic carbocycles. The Hall–Kier alpha value is -5.27. The summed E-state index contributed by atoms with van der Waals surface area (Å²) in [5.41, 5.74) is 7.15. The smallest absolute Gasteiger partial charge is 0.415 e. The van der Waals surface area contributed by atoms with E-state index in [9.17, 15) is 9.59 Å². The molecule has 1 amide bonds. The summed E-state index contributed by atoms with van der Waals surface area (Å²) in [6, 6.07) is 21.2. The summed E-state index contributed by atoms with van der Waals surface area (Å²) in [6.45, 7) is 11.6. The zero-order valence-electron chi connectivity index (χ0n) is 26.9. The lowest BCUT2D eigenvalue weighted by Gasteiger charge is -2.29. The monoisotopic (exact) mass is 610 g/mol. The molecule has 0 unspecified atom stereocenters. The number of pyridine rings is 1. The van der Waals surface area contributed by atoms with Gasteiger partial charge in [-0.25, -0.2) is 9.59 Å². The topological polar surface area (TPSA) is 112 Å². The molecule has 1 heterocycles. The molecule has 0 bridgehead atoms. The predicted octanol–water partition coefficient (Wildman–Crippen LogP) is 7.49. The molecule has 0 aliphatic heterocycles. The Morgan fingerprint density at radius 3 is 2.00 bits per heavy atom. The van der Waals surface area contributed by atoms with Crippen molar-refractivity contribution in [1.82, 2.24) is 4.98 Å². The van der Waals surface area contributed by atoms with E-state index in [-0.39, 0.29) is 12.7 Å². The molecule has 0 fully saturated rings. The first-order valence-electron chi connectivity index (χ1n) is 14.2. The number of ether oxygens (including phenoxy) is 3. The van der Waals surface area contributed by atoms with Crippen LogP contribution in [0.3, 0.4) is 0 Å². The number of methoxy groups -OCH3 is 2. The van der Waals surface area contributed by atoms with Gasteiger partial charge in [0.2, 0.25) is 0 Å². The molecule has 0 radical (unpaired) electrons. The highest BCUT2D eigenvalue weighted by atomic mass is 16.6. The quantitative estimate of drug-likeness (QED) is 0.198. The summed E-state index contributed by atoms with van der Waals surface area (Å²) in [6.07, 6.45) is 1.48. The summed E-state index contributed by atoms with van der Waals surface area (Å²) in [5.74, 6) is 0.287. The van der Waals surface area contributed by atoms with Crippen LogP contribution in [0.2, 0.25) is 0 Å². The van der Waals surface area contributed by atoms with Gasteiger partial charge in [0.1, 0.15) is 11.4 Å². The highest BCUT2D eigenvalue weighted by molar-refractivity contribution is 5.99. The summed E-state index contributed by atoms with van der Waals surface area (Å²) >= 11 is 0. The van der Waals surface area contributed by atoms with Crippen molar-refractivity contribution in [3.8, 4) is 28.0 Å². The van der Waals surface area contributed by atoms with Crippen LogP contribution in [-0.4, -0.2) is 43.0 Å². The molecule has 0 N–H and O–H groups in total. The third kappa shape index (κ3) is 8.43. The van der Waals surface area contributed by atoms with Gasteiger partial charge >= 0.3 is 18.2 Å². The van der Waals surface area contributed by atoms with Crippen LogP contribution >= 0.6 is 0 Å². The van der Waals surface area contributed by atoms with Crippen molar-refractivity contribution in [2.24, 2.45) is 0 Å². The molecule has 0 saturated heterocycles. The molecule has 0 aliphatic rings. The molecule has 3 aromatic carbocycles. The van der Waals surface area contributed by atoms with Gasteiger partial charge in [-0.1, -0.05) is 42.5 Å². The van der Waals surface area contributed by atoms with Crippen molar-refractivity contribution in [1.29, 1.82) is 0 Å². The number of carbonyl (C=O) groups is 2. The van der Waals surface area contributed by atoms with Crippen molar-refractivity contribution < 1.29 is 33.4 Å². The maximum atomic E-state index is 13.9. The van der Waals surface area contributed by atoms with Gasteiger partial charge in [0.15, 0.2) is 0 Å². The molecular formula is C36H38N2O7. The van der Waals surface area contributed by atoms with Crippen LogP contribution in [-0.2, 0) is 25.6 Å². The van der Waals surface area contributed by atoms with Crippen molar-refractivity contribution in [2.45, 2.75) is 53.7 Å². The molecule has 4 rings (SSSR count). The molecule has 9 nitrogen and oxygen atoms in total. The summed E-state index contributed by atoms with van der Waals surface area (Å²) in [7, 11) is 2.99. The van der Waals surface area contributed by atoms with Crippen molar-refractivity contribution in [3.05, 3.63) is 101 Å². The lowest BCUT2D eigenvalue weighted by Crippen LogP contribution is -2.37. The van der Waals surface area contributed by atoms with Crippen LogP contribution in [0.5, 0.6) is 5.75 Å². The molecule has 4 aromatic rings. The molecule has 0 spiro atoms. The first kappa shape index (κ1) is 34.2. The first-order chi connectivity index (χ1) is 21.3. The summed E-state index contributed by atoms with van der Waals surface area (Å²) < 4.78 is 16.6. The molecular weight excluding hydrogens is 572 g/mol. The largest absolute Gasteiger partial charge is 0.496 e. The minimum atomic E-state index is -0.725. The van der Waals surface area contributed by atoms with E-state index in [1.54, 1.807) is 30.3 Å². The van der Waals surface area contributed by atoms with E-state index < -0.39 is 17.7 Å². The number of rotatable bonds is 7. The number of esters is 1. The fraction of sp³-hybridized carbons (Fsp3) is 0.278. The maximum Gasteiger partial charge on any atom is 0.415 e. The van der Waals surface area contributed by atoms with Crippen LogP contribution in [0.15, 0.2) is 72.9 Å². The van der Waals surface area contributed by atoms with E-state index in [1.807, 2.05) is 96.1 Å². The van der Waals surface area contributed by atoms with Crippen molar-refractivity contribution >= 4 is 23.9 Å². The Morgan fingerprint density at radius 1 is 0.844 bits per heavy atom. The Morgan fingerprint density at radius 2 is 1.42 bits per heavy atom. The Kier molecular flexibility index (Phi) is 11.4. The minimum Gasteiger partial charge on any atom is -0.496 e. The van der Waals surface area contributed by atoms with E-state index in [4.69, 9.17) is 23.8 Å². The van der Waals surface area contributed by atoms with Gasteiger partial charge < -0.3 is 14.2 Å².